The first-order valence-corrected chi connectivity index (χ1v) is 11.8. The number of hydrogen-bond acceptors (Lipinski definition) is 6. The second-order valence-electron chi connectivity index (χ2n) is 8.78. The molecule has 1 aliphatic rings. The van der Waals surface area contributed by atoms with E-state index in [1.807, 2.05) is 27.7 Å². The van der Waals surface area contributed by atoms with Crippen molar-refractivity contribution in [2.24, 2.45) is 0 Å². The van der Waals surface area contributed by atoms with E-state index in [9.17, 15) is 18.0 Å². The van der Waals surface area contributed by atoms with Crippen molar-refractivity contribution in [3.05, 3.63) is 42.1 Å². The van der Waals surface area contributed by atoms with Crippen LogP contribution in [0.15, 0.2) is 41.3 Å². The van der Waals surface area contributed by atoms with Gasteiger partial charge in [0, 0.05) is 30.4 Å². The summed E-state index contributed by atoms with van der Waals surface area (Å²) in [6.45, 7) is 7.88. The second kappa shape index (κ2) is 8.80. The Morgan fingerprint density at radius 1 is 1.26 bits per heavy atom. The summed E-state index contributed by atoms with van der Waals surface area (Å²) >= 11 is 0. The van der Waals surface area contributed by atoms with Gasteiger partial charge in [-0.3, -0.25) is 14.9 Å². The minimum absolute atomic E-state index is 0.0550. The zero-order valence-corrected chi connectivity index (χ0v) is 19.0. The minimum Gasteiger partial charge on any atom is -0.322 e. The van der Waals surface area contributed by atoms with Crippen LogP contribution in [0, 0.1) is 0 Å². The highest BCUT2D eigenvalue weighted by Gasteiger charge is 2.29. The topological polar surface area (TPSA) is 122 Å². The number of nitrogens with zero attached hydrogens (tertiary/aromatic N) is 2. The Bertz CT molecular complexity index is 1060. The lowest BCUT2D eigenvalue weighted by Crippen LogP contribution is -2.52. The highest BCUT2D eigenvalue weighted by atomic mass is 32.2. The molecule has 0 saturated carbocycles. The van der Waals surface area contributed by atoms with Crippen molar-refractivity contribution in [3.8, 4) is 0 Å². The van der Waals surface area contributed by atoms with Crippen LogP contribution in [0.2, 0.25) is 0 Å². The van der Waals surface area contributed by atoms with Gasteiger partial charge in [0.1, 0.15) is 5.82 Å². The molecule has 1 aliphatic heterocycles. The van der Waals surface area contributed by atoms with Crippen LogP contribution in [0.5, 0.6) is 0 Å². The van der Waals surface area contributed by atoms with Crippen LogP contribution < -0.4 is 16.0 Å². The Balaban J connectivity index is 1.77. The predicted molar refractivity (Wildman–Crippen MR) is 117 cm³/mol. The molecule has 2 aromatic rings. The summed E-state index contributed by atoms with van der Waals surface area (Å²) in [4.78, 5) is 24.8. The quantitative estimate of drug-likeness (QED) is 0.622. The number of nitrogens with one attached hydrogen (secondary N) is 3. The summed E-state index contributed by atoms with van der Waals surface area (Å²) in [5.74, 6) is -0.482. The Morgan fingerprint density at radius 2 is 1.94 bits per heavy atom. The van der Waals surface area contributed by atoms with Gasteiger partial charge in [0.15, 0.2) is 16.1 Å². The molecule has 1 saturated heterocycles. The van der Waals surface area contributed by atoms with Crippen LogP contribution in [0.3, 0.4) is 0 Å². The first-order chi connectivity index (χ1) is 14.5. The molecule has 2 heterocycles. The van der Waals surface area contributed by atoms with E-state index in [4.69, 9.17) is 0 Å². The van der Waals surface area contributed by atoms with Gasteiger partial charge in [0.25, 0.3) is 0 Å². The van der Waals surface area contributed by atoms with E-state index in [0.29, 0.717) is 12.2 Å². The van der Waals surface area contributed by atoms with Gasteiger partial charge in [0.05, 0.1) is 16.3 Å². The number of amides is 2. The van der Waals surface area contributed by atoms with E-state index in [0.717, 1.165) is 5.69 Å². The van der Waals surface area contributed by atoms with Crippen LogP contribution in [-0.2, 0) is 24.8 Å². The maximum absolute atomic E-state index is 12.6. The molecule has 0 aliphatic carbocycles. The number of sulfone groups is 1. The van der Waals surface area contributed by atoms with Gasteiger partial charge in [0.2, 0.25) is 11.8 Å². The summed E-state index contributed by atoms with van der Waals surface area (Å²) in [5, 5.41) is 13.4. The number of benzene rings is 1. The summed E-state index contributed by atoms with van der Waals surface area (Å²) in [6.07, 6.45) is -0.465. The third-order valence-electron chi connectivity index (χ3n) is 4.95. The number of rotatable bonds is 6. The molecular weight excluding hydrogens is 418 g/mol. The third-order valence-corrected chi connectivity index (χ3v) is 6.68. The standard InChI is InChI=1S/C21H29N5O4S/c1-14-12-19(28)24-20(22-14)26-17(13-16(25-26)21(2,3)4)23-18(27)10-11-31(29,30)15-8-6-5-7-9-15/h5-9,13-14,20,22H,10-12H2,1-4H3,(H,23,27)(H,24,28). The van der Waals surface area contributed by atoms with E-state index in [-0.39, 0.29) is 34.4 Å². The maximum Gasteiger partial charge on any atom is 0.226 e. The number of hydrogen-bond donors (Lipinski definition) is 3. The minimum atomic E-state index is -3.56. The average molecular weight is 448 g/mol. The highest BCUT2D eigenvalue weighted by Crippen LogP contribution is 2.26. The lowest BCUT2D eigenvalue weighted by molar-refractivity contribution is -0.125. The molecule has 2 amide bonds. The molecule has 3 N–H and O–H groups in total. The van der Waals surface area contributed by atoms with Crippen LogP contribution in [-0.4, -0.2) is 41.8 Å². The van der Waals surface area contributed by atoms with E-state index in [1.165, 1.54) is 16.8 Å². The Kier molecular flexibility index (Phi) is 6.51. The van der Waals surface area contributed by atoms with E-state index in [2.05, 4.69) is 21.0 Å². The smallest absolute Gasteiger partial charge is 0.226 e. The predicted octanol–water partition coefficient (Wildman–Crippen LogP) is 1.94. The number of aromatic nitrogens is 2. The largest absolute Gasteiger partial charge is 0.322 e. The fraction of sp³-hybridized carbons (Fsp3) is 0.476. The van der Waals surface area contributed by atoms with Gasteiger partial charge in [-0.15, -0.1) is 0 Å². The molecular formula is C21H29N5O4S. The molecule has 9 nitrogen and oxygen atoms in total. The maximum atomic E-state index is 12.6. The Hall–Kier alpha value is -2.72. The first kappa shape index (κ1) is 23.0. The zero-order chi connectivity index (χ0) is 22.8. The van der Waals surface area contributed by atoms with Crippen LogP contribution in [0.25, 0.3) is 0 Å². The van der Waals surface area contributed by atoms with E-state index in [1.54, 1.807) is 24.3 Å². The van der Waals surface area contributed by atoms with Crippen molar-refractivity contribution < 1.29 is 18.0 Å². The van der Waals surface area contributed by atoms with Crippen molar-refractivity contribution >= 4 is 27.5 Å². The molecule has 168 valence electrons. The zero-order valence-electron chi connectivity index (χ0n) is 18.2. The van der Waals surface area contributed by atoms with Gasteiger partial charge in [-0.1, -0.05) is 39.0 Å². The molecule has 0 bridgehead atoms. The van der Waals surface area contributed by atoms with Crippen LogP contribution in [0.1, 0.15) is 52.5 Å². The van der Waals surface area contributed by atoms with Gasteiger partial charge < -0.3 is 10.6 Å². The SMILES string of the molecule is CC1CC(=O)NC(n2nc(C(C)(C)C)cc2NC(=O)CCS(=O)(=O)c2ccccc2)N1. The van der Waals surface area contributed by atoms with E-state index < -0.39 is 22.0 Å². The number of carbonyl (C=O) groups is 2. The molecule has 2 atom stereocenters. The molecule has 2 unspecified atom stereocenters. The second-order valence-corrected chi connectivity index (χ2v) is 10.9. The Morgan fingerprint density at radius 3 is 2.55 bits per heavy atom. The first-order valence-electron chi connectivity index (χ1n) is 10.2. The van der Waals surface area contributed by atoms with Crippen molar-refractivity contribution in [3.63, 3.8) is 0 Å². The third kappa shape index (κ3) is 5.71. The number of anilines is 1. The molecule has 3 rings (SSSR count). The summed E-state index contributed by atoms with van der Waals surface area (Å²) in [7, 11) is -3.56. The van der Waals surface area contributed by atoms with Gasteiger partial charge in [-0.05, 0) is 19.1 Å². The van der Waals surface area contributed by atoms with Crippen LogP contribution in [0.4, 0.5) is 5.82 Å². The summed E-state index contributed by atoms with van der Waals surface area (Å²) in [6, 6.07) is 9.74. The van der Waals surface area contributed by atoms with Crippen LogP contribution >= 0.6 is 0 Å². The van der Waals surface area contributed by atoms with Gasteiger partial charge in [-0.25, -0.2) is 13.1 Å². The fourth-order valence-electron chi connectivity index (χ4n) is 3.22. The van der Waals surface area contributed by atoms with Crippen molar-refractivity contribution in [1.82, 2.24) is 20.4 Å². The average Bonchev–Trinajstić information content (AvgIpc) is 3.11. The molecule has 0 radical (unpaired) electrons. The van der Waals surface area contributed by atoms with Crippen molar-refractivity contribution in [1.29, 1.82) is 0 Å². The lowest BCUT2D eigenvalue weighted by Gasteiger charge is -2.30. The monoisotopic (exact) mass is 447 g/mol. The Labute approximate surface area is 182 Å². The summed E-state index contributed by atoms with van der Waals surface area (Å²) in [5.41, 5.74) is 0.444. The molecule has 10 heteroatoms. The molecule has 1 aromatic heterocycles. The van der Waals surface area contributed by atoms with Crippen molar-refractivity contribution in [2.75, 3.05) is 11.1 Å². The molecule has 1 fully saturated rings. The lowest BCUT2D eigenvalue weighted by atomic mass is 9.92. The summed E-state index contributed by atoms with van der Waals surface area (Å²) < 4.78 is 26.4. The molecule has 0 spiro atoms. The van der Waals surface area contributed by atoms with Gasteiger partial charge in [-0.2, -0.15) is 5.10 Å². The van der Waals surface area contributed by atoms with Gasteiger partial charge >= 0.3 is 0 Å². The fourth-order valence-corrected chi connectivity index (χ4v) is 4.48. The number of carbonyl (C=O) groups excluding carboxylic acids is 2. The highest BCUT2D eigenvalue weighted by molar-refractivity contribution is 7.91. The molecule has 31 heavy (non-hydrogen) atoms. The van der Waals surface area contributed by atoms with E-state index >= 15 is 0 Å². The molecule has 1 aromatic carbocycles. The van der Waals surface area contributed by atoms with Crippen molar-refractivity contribution in [2.45, 2.75) is 63.2 Å². The normalized spacial score (nSPS) is 19.7.